The molecular weight excluding hydrogens is 574 g/mol. The second-order valence-corrected chi connectivity index (χ2v) is 10.8. The Kier molecular flexibility index (Phi) is 8.57. The molecule has 5 rings (SSSR count). The Balaban J connectivity index is 1.54. The van der Waals surface area contributed by atoms with Gasteiger partial charge in [-0.15, -0.1) is 0 Å². The fraction of sp³-hybridized carbons (Fsp3) is 0.188. The van der Waals surface area contributed by atoms with Crippen LogP contribution in [-0.4, -0.2) is 24.3 Å². The highest BCUT2D eigenvalue weighted by Gasteiger charge is 2.33. The van der Waals surface area contributed by atoms with Crippen molar-refractivity contribution in [3.8, 4) is 17.6 Å². The molecule has 0 saturated carbocycles. The van der Waals surface area contributed by atoms with E-state index in [-0.39, 0.29) is 18.8 Å². The summed E-state index contributed by atoms with van der Waals surface area (Å²) in [7, 11) is 1.54. The smallest absolute Gasteiger partial charge is 0.338 e. The first-order valence-corrected chi connectivity index (χ1v) is 14.3. The van der Waals surface area contributed by atoms with E-state index < -0.39 is 12.0 Å². The molecule has 0 N–H and O–H groups in total. The lowest BCUT2D eigenvalue weighted by Crippen LogP contribution is -2.39. The van der Waals surface area contributed by atoms with Crippen LogP contribution in [0.3, 0.4) is 0 Å². The first-order chi connectivity index (χ1) is 20.3. The van der Waals surface area contributed by atoms with Gasteiger partial charge in [0.15, 0.2) is 16.3 Å². The van der Waals surface area contributed by atoms with E-state index in [9.17, 15) is 14.9 Å². The van der Waals surface area contributed by atoms with Crippen molar-refractivity contribution < 1.29 is 19.0 Å². The minimum absolute atomic E-state index is 0.194. The van der Waals surface area contributed by atoms with Crippen molar-refractivity contribution in [1.29, 1.82) is 5.26 Å². The Morgan fingerprint density at radius 3 is 2.62 bits per heavy atom. The second-order valence-electron chi connectivity index (χ2n) is 9.32. The molecule has 8 nitrogen and oxygen atoms in total. The summed E-state index contributed by atoms with van der Waals surface area (Å²) in [5.74, 6) is 0.456. The van der Waals surface area contributed by atoms with Crippen molar-refractivity contribution in [2.24, 2.45) is 4.99 Å². The molecule has 4 aromatic rings. The molecule has 0 aliphatic carbocycles. The number of benzene rings is 3. The van der Waals surface area contributed by atoms with E-state index in [1.807, 2.05) is 18.2 Å². The lowest BCUT2D eigenvalue weighted by molar-refractivity contribution is -0.139. The highest BCUT2D eigenvalue weighted by molar-refractivity contribution is 7.07. The number of aromatic nitrogens is 1. The van der Waals surface area contributed by atoms with Crippen LogP contribution in [0.2, 0.25) is 5.02 Å². The maximum Gasteiger partial charge on any atom is 0.338 e. The fourth-order valence-electron chi connectivity index (χ4n) is 4.71. The van der Waals surface area contributed by atoms with Gasteiger partial charge < -0.3 is 14.2 Å². The molecule has 42 heavy (non-hydrogen) atoms. The summed E-state index contributed by atoms with van der Waals surface area (Å²) in [6.45, 7) is 3.87. The summed E-state index contributed by atoms with van der Waals surface area (Å²) in [5.41, 5.74) is 3.24. The van der Waals surface area contributed by atoms with Gasteiger partial charge in [0, 0.05) is 10.6 Å². The Morgan fingerprint density at radius 2 is 1.90 bits per heavy atom. The van der Waals surface area contributed by atoms with Gasteiger partial charge in [-0.3, -0.25) is 9.36 Å². The quantitative estimate of drug-likeness (QED) is 0.267. The largest absolute Gasteiger partial charge is 0.493 e. The van der Waals surface area contributed by atoms with Gasteiger partial charge in [-0.25, -0.2) is 9.79 Å². The monoisotopic (exact) mass is 599 g/mol. The second kappa shape index (κ2) is 12.5. The molecule has 212 valence electrons. The SMILES string of the molecule is CCOC(=O)C1=C(C)N=c2s/c(=C/c3ccc(OCc4ccccc4C#N)c(OC)c3)c(=O)n2[C@H]1c1ccc(Cl)cc1. The molecule has 0 radical (unpaired) electrons. The zero-order chi connectivity index (χ0) is 29.8. The predicted molar refractivity (Wildman–Crippen MR) is 160 cm³/mol. The van der Waals surface area contributed by atoms with Crippen LogP contribution in [0.1, 0.15) is 42.1 Å². The fourth-order valence-corrected chi connectivity index (χ4v) is 5.88. The Hall–Kier alpha value is -4.65. The number of methoxy groups -OCH3 is 1. The summed E-state index contributed by atoms with van der Waals surface area (Å²) in [5, 5.41) is 9.89. The summed E-state index contributed by atoms with van der Waals surface area (Å²) in [6.07, 6.45) is 1.75. The molecule has 0 saturated heterocycles. The standard InChI is InChI=1S/C32H26ClN3O5S/c1-4-40-31(38)28-19(2)35-32-36(29(28)21-10-12-24(33)13-11-21)30(37)27(42-32)16-20-9-14-25(26(15-20)39-3)41-18-23-8-6-5-7-22(23)17-34/h5-16,29H,4,18H2,1-3H3/b27-16+/t29-/m0/s1. The third kappa shape index (κ3) is 5.73. The number of esters is 1. The van der Waals surface area contributed by atoms with E-state index in [1.165, 1.54) is 23.0 Å². The molecular formula is C32H26ClN3O5S. The van der Waals surface area contributed by atoms with Crippen LogP contribution in [0.4, 0.5) is 0 Å². The van der Waals surface area contributed by atoms with Crippen LogP contribution < -0.4 is 24.4 Å². The first kappa shape index (κ1) is 28.9. The third-order valence-corrected chi connectivity index (χ3v) is 7.94. The van der Waals surface area contributed by atoms with Gasteiger partial charge in [-0.2, -0.15) is 5.26 Å². The van der Waals surface area contributed by atoms with Gasteiger partial charge in [-0.1, -0.05) is 59.3 Å². The van der Waals surface area contributed by atoms with Crippen molar-refractivity contribution in [2.45, 2.75) is 26.5 Å². The molecule has 1 aromatic heterocycles. The van der Waals surface area contributed by atoms with Crippen LogP contribution in [0, 0.1) is 11.3 Å². The summed E-state index contributed by atoms with van der Waals surface area (Å²) in [4.78, 5) is 32.0. The molecule has 0 unspecified atom stereocenters. The molecule has 1 aliphatic rings. The number of carbonyl (C=O) groups excluding carboxylic acids is 1. The summed E-state index contributed by atoms with van der Waals surface area (Å²) in [6, 6.07) is 21.1. The van der Waals surface area contributed by atoms with E-state index in [0.29, 0.717) is 53.8 Å². The normalized spacial score (nSPS) is 14.5. The molecule has 2 heterocycles. The average molecular weight is 600 g/mol. The lowest BCUT2D eigenvalue weighted by atomic mass is 9.96. The van der Waals surface area contributed by atoms with E-state index in [4.69, 9.17) is 25.8 Å². The first-order valence-electron chi connectivity index (χ1n) is 13.1. The lowest BCUT2D eigenvalue weighted by Gasteiger charge is -2.24. The third-order valence-electron chi connectivity index (χ3n) is 6.71. The van der Waals surface area contributed by atoms with Gasteiger partial charge >= 0.3 is 5.97 Å². The number of fused-ring (bicyclic) bond motifs is 1. The number of thiazole rings is 1. The van der Waals surface area contributed by atoms with Crippen molar-refractivity contribution >= 4 is 35.0 Å². The van der Waals surface area contributed by atoms with Crippen molar-refractivity contribution in [2.75, 3.05) is 13.7 Å². The number of hydrogen-bond donors (Lipinski definition) is 0. The Labute approximate surface area is 251 Å². The predicted octanol–water partition coefficient (Wildman–Crippen LogP) is 4.91. The molecule has 10 heteroatoms. The number of allylic oxidation sites excluding steroid dienone is 1. The van der Waals surface area contributed by atoms with Crippen LogP contribution >= 0.6 is 22.9 Å². The maximum absolute atomic E-state index is 13.8. The van der Waals surface area contributed by atoms with Crippen LogP contribution in [0.25, 0.3) is 6.08 Å². The van der Waals surface area contributed by atoms with Crippen molar-refractivity contribution in [3.63, 3.8) is 0 Å². The molecule has 0 fully saturated rings. The zero-order valence-corrected chi connectivity index (χ0v) is 24.7. The molecule has 0 bridgehead atoms. The minimum Gasteiger partial charge on any atom is -0.493 e. The van der Waals surface area contributed by atoms with E-state index in [0.717, 1.165) is 5.56 Å². The highest BCUT2D eigenvalue weighted by Crippen LogP contribution is 2.32. The van der Waals surface area contributed by atoms with Crippen LogP contribution in [0.5, 0.6) is 11.5 Å². The van der Waals surface area contributed by atoms with Gasteiger partial charge in [0.2, 0.25) is 0 Å². The van der Waals surface area contributed by atoms with Crippen LogP contribution in [-0.2, 0) is 16.1 Å². The number of ether oxygens (including phenoxy) is 3. The molecule has 1 aliphatic heterocycles. The number of carbonyl (C=O) groups is 1. The highest BCUT2D eigenvalue weighted by atomic mass is 35.5. The topological polar surface area (TPSA) is 103 Å². The van der Waals surface area contributed by atoms with E-state index in [1.54, 1.807) is 68.5 Å². The molecule has 0 spiro atoms. The van der Waals surface area contributed by atoms with Crippen LogP contribution in [0.15, 0.2) is 87.8 Å². The van der Waals surface area contributed by atoms with Gasteiger partial charge in [0.05, 0.1) is 47.2 Å². The van der Waals surface area contributed by atoms with E-state index >= 15 is 0 Å². The molecule has 1 atom stereocenters. The van der Waals surface area contributed by atoms with Gasteiger partial charge in [-0.05, 0) is 61.4 Å². The van der Waals surface area contributed by atoms with Crippen molar-refractivity contribution in [1.82, 2.24) is 4.57 Å². The minimum atomic E-state index is -0.721. The number of halogens is 1. The van der Waals surface area contributed by atoms with Gasteiger partial charge in [0.25, 0.3) is 5.56 Å². The number of rotatable bonds is 8. The molecule has 3 aromatic carbocycles. The number of hydrogen-bond acceptors (Lipinski definition) is 8. The Morgan fingerprint density at radius 1 is 1.14 bits per heavy atom. The number of nitrogens with zero attached hydrogens (tertiary/aromatic N) is 3. The average Bonchev–Trinajstić information content (AvgIpc) is 3.30. The summed E-state index contributed by atoms with van der Waals surface area (Å²) < 4.78 is 18.8. The maximum atomic E-state index is 13.8. The molecule has 0 amide bonds. The van der Waals surface area contributed by atoms with Gasteiger partial charge in [0.1, 0.15) is 6.61 Å². The number of nitriles is 1. The van der Waals surface area contributed by atoms with E-state index in [2.05, 4.69) is 11.1 Å². The van der Waals surface area contributed by atoms with Crippen molar-refractivity contribution in [3.05, 3.63) is 125 Å². The Bertz CT molecular complexity index is 1920. The summed E-state index contributed by atoms with van der Waals surface area (Å²) >= 11 is 7.36. The zero-order valence-electron chi connectivity index (χ0n) is 23.1.